The van der Waals surface area contributed by atoms with Crippen LogP contribution in [-0.4, -0.2) is 24.3 Å². The van der Waals surface area contributed by atoms with Gasteiger partial charge in [0, 0.05) is 13.1 Å². The summed E-state index contributed by atoms with van der Waals surface area (Å²) in [6.45, 7) is 5.33. The number of nitrogens with one attached hydrogen (secondary N) is 1. The first-order valence-corrected chi connectivity index (χ1v) is 7.06. The summed E-state index contributed by atoms with van der Waals surface area (Å²) >= 11 is 0. The maximum absolute atomic E-state index is 10.0. The summed E-state index contributed by atoms with van der Waals surface area (Å²) in [5.74, 6) is 0.180. The Hall–Kier alpha value is -1.37. The van der Waals surface area contributed by atoms with E-state index in [9.17, 15) is 10.4 Å². The molecule has 2 unspecified atom stereocenters. The number of nitriles is 1. The maximum atomic E-state index is 10.0. The molecule has 0 bridgehead atoms. The Kier molecular flexibility index (Phi) is 7.17. The smallest absolute Gasteiger partial charge is 0.0837 e. The number of hydrogen-bond acceptors (Lipinski definition) is 3. The summed E-state index contributed by atoms with van der Waals surface area (Å²) < 4.78 is 0. The summed E-state index contributed by atoms with van der Waals surface area (Å²) in [6.07, 6.45) is 1.64. The minimum absolute atomic E-state index is 0.157. The quantitative estimate of drug-likeness (QED) is 0.755. The zero-order chi connectivity index (χ0) is 14.1. The van der Waals surface area contributed by atoms with Crippen molar-refractivity contribution in [2.24, 2.45) is 5.92 Å². The third-order valence-corrected chi connectivity index (χ3v) is 3.65. The molecule has 0 aliphatic rings. The van der Waals surface area contributed by atoms with Crippen LogP contribution in [0.2, 0.25) is 0 Å². The van der Waals surface area contributed by atoms with Gasteiger partial charge in [0.15, 0.2) is 0 Å². The molecule has 0 saturated heterocycles. The third kappa shape index (κ3) is 5.02. The average molecular weight is 260 g/mol. The number of aliphatic hydroxyl groups excluding tert-OH is 1. The van der Waals surface area contributed by atoms with Crippen LogP contribution in [0, 0.1) is 17.2 Å². The molecule has 2 N–H and O–H groups in total. The van der Waals surface area contributed by atoms with E-state index in [-0.39, 0.29) is 12.0 Å². The first-order valence-electron chi connectivity index (χ1n) is 7.06. The van der Waals surface area contributed by atoms with E-state index in [2.05, 4.69) is 25.2 Å². The molecule has 19 heavy (non-hydrogen) atoms. The van der Waals surface area contributed by atoms with Crippen molar-refractivity contribution in [3.63, 3.8) is 0 Å². The van der Waals surface area contributed by atoms with Gasteiger partial charge >= 0.3 is 0 Å². The van der Waals surface area contributed by atoms with Crippen LogP contribution in [0.4, 0.5) is 0 Å². The highest BCUT2D eigenvalue weighted by Crippen LogP contribution is 2.15. The highest BCUT2D eigenvalue weighted by Gasteiger charge is 2.16. The molecule has 0 fully saturated rings. The molecule has 0 saturated carbocycles. The lowest BCUT2D eigenvalue weighted by atomic mass is 9.96. The fraction of sp³-hybridized carbons (Fsp3) is 0.562. The van der Waals surface area contributed by atoms with Crippen LogP contribution in [0.5, 0.6) is 0 Å². The number of benzene rings is 1. The van der Waals surface area contributed by atoms with E-state index in [0.29, 0.717) is 19.0 Å². The van der Waals surface area contributed by atoms with E-state index in [1.807, 2.05) is 30.3 Å². The molecule has 0 aliphatic heterocycles. The van der Waals surface area contributed by atoms with E-state index in [1.54, 1.807) is 0 Å². The van der Waals surface area contributed by atoms with E-state index < -0.39 is 0 Å². The van der Waals surface area contributed by atoms with Crippen molar-refractivity contribution in [2.45, 2.75) is 38.7 Å². The van der Waals surface area contributed by atoms with Gasteiger partial charge in [-0.05, 0) is 11.5 Å². The van der Waals surface area contributed by atoms with Crippen molar-refractivity contribution >= 4 is 0 Å². The second-order valence-corrected chi connectivity index (χ2v) is 4.89. The van der Waals surface area contributed by atoms with Gasteiger partial charge in [-0.1, -0.05) is 57.0 Å². The van der Waals surface area contributed by atoms with Crippen molar-refractivity contribution < 1.29 is 5.11 Å². The van der Waals surface area contributed by atoms with Crippen molar-refractivity contribution in [3.8, 4) is 6.07 Å². The molecule has 1 aromatic rings. The summed E-state index contributed by atoms with van der Waals surface area (Å²) in [4.78, 5) is 0. The first kappa shape index (κ1) is 15.7. The minimum Gasteiger partial charge on any atom is -0.392 e. The molecule has 0 heterocycles. The van der Waals surface area contributed by atoms with Gasteiger partial charge in [0.2, 0.25) is 0 Å². The van der Waals surface area contributed by atoms with Crippen LogP contribution in [0.3, 0.4) is 0 Å². The van der Waals surface area contributed by atoms with Crippen molar-refractivity contribution in [1.29, 1.82) is 5.26 Å². The molecular weight excluding hydrogens is 236 g/mol. The highest BCUT2D eigenvalue weighted by atomic mass is 16.3. The van der Waals surface area contributed by atoms with Gasteiger partial charge in [0.05, 0.1) is 18.1 Å². The number of rotatable bonds is 8. The zero-order valence-corrected chi connectivity index (χ0v) is 11.8. The molecule has 1 aromatic carbocycles. The van der Waals surface area contributed by atoms with Gasteiger partial charge in [0.25, 0.3) is 0 Å². The van der Waals surface area contributed by atoms with E-state index in [0.717, 1.165) is 18.4 Å². The van der Waals surface area contributed by atoms with Gasteiger partial charge in [0.1, 0.15) is 0 Å². The lowest BCUT2D eigenvalue weighted by molar-refractivity contribution is 0.101. The van der Waals surface area contributed by atoms with E-state index >= 15 is 0 Å². The fourth-order valence-electron chi connectivity index (χ4n) is 2.30. The predicted molar refractivity (Wildman–Crippen MR) is 77.7 cm³/mol. The fourth-order valence-corrected chi connectivity index (χ4v) is 2.30. The molecular formula is C16H24N2O. The Morgan fingerprint density at radius 1 is 1.16 bits per heavy atom. The monoisotopic (exact) mass is 260 g/mol. The van der Waals surface area contributed by atoms with Crippen molar-refractivity contribution in [3.05, 3.63) is 35.9 Å². The van der Waals surface area contributed by atoms with Gasteiger partial charge < -0.3 is 10.4 Å². The highest BCUT2D eigenvalue weighted by molar-refractivity contribution is 5.24. The zero-order valence-electron chi connectivity index (χ0n) is 11.8. The Bertz CT molecular complexity index is 381. The molecule has 3 heteroatoms. The van der Waals surface area contributed by atoms with Crippen LogP contribution >= 0.6 is 0 Å². The van der Waals surface area contributed by atoms with Crippen LogP contribution in [0.15, 0.2) is 30.3 Å². The lowest BCUT2D eigenvalue weighted by Crippen LogP contribution is -2.34. The van der Waals surface area contributed by atoms with Gasteiger partial charge in [-0.25, -0.2) is 0 Å². The van der Waals surface area contributed by atoms with Gasteiger partial charge in [-0.2, -0.15) is 5.26 Å². The summed E-state index contributed by atoms with van der Waals surface area (Å²) in [7, 11) is 0. The van der Waals surface area contributed by atoms with E-state index in [4.69, 9.17) is 0 Å². The Morgan fingerprint density at radius 2 is 1.79 bits per heavy atom. The molecule has 0 spiro atoms. The first-order chi connectivity index (χ1) is 9.22. The molecule has 2 atom stereocenters. The lowest BCUT2D eigenvalue weighted by Gasteiger charge is -2.21. The SMILES string of the molecule is CCC(CC)C(O)CNCC(C#N)c1ccccc1. The summed E-state index contributed by atoms with van der Waals surface area (Å²) in [5.41, 5.74) is 1.02. The van der Waals surface area contributed by atoms with Crippen molar-refractivity contribution in [2.75, 3.05) is 13.1 Å². The predicted octanol–water partition coefficient (Wildman–Crippen LogP) is 2.68. The molecule has 0 radical (unpaired) electrons. The second-order valence-electron chi connectivity index (χ2n) is 4.89. The van der Waals surface area contributed by atoms with Crippen LogP contribution in [-0.2, 0) is 0 Å². The van der Waals surface area contributed by atoms with Crippen LogP contribution in [0.1, 0.15) is 38.2 Å². The summed E-state index contributed by atoms with van der Waals surface area (Å²) in [6, 6.07) is 12.1. The molecule has 0 aromatic heterocycles. The maximum Gasteiger partial charge on any atom is 0.0837 e. The number of nitrogens with zero attached hydrogens (tertiary/aromatic N) is 1. The molecule has 1 rings (SSSR count). The van der Waals surface area contributed by atoms with Gasteiger partial charge in [-0.15, -0.1) is 0 Å². The standard InChI is InChI=1S/C16H24N2O/c1-3-13(4-2)16(19)12-18-11-15(10-17)14-8-6-5-7-9-14/h5-9,13,15-16,18-19H,3-4,11-12H2,1-2H3. The Balaban J connectivity index is 2.41. The van der Waals surface area contributed by atoms with Crippen LogP contribution in [0.25, 0.3) is 0 Å². The molecule has 3 nitrogen and oxygen atoms in total. The third-order valence-electron chi connectivity index (χ3n) is 3.65. The largest absolute Gasteiger partial charge is 0.392 e. The normalized spacial score (nSPS) is 14.1. The Morgan fingerprint density at radius 3 is 2.32 bits per heavy atom. The van der Waals surface area contributed by atoms with Crippen LogP contribution < -0.4 is 5.32 Å². The van der Waals surface area contributed by atoms with E-state index in [1.165, 1.54) is 0 Å². The average Bonchev–Trinajstić information content (AvgIpc) is 2.46. The molecule has 0 amide bonds. The minimum atomic E-state index is -0.329. The number of hydrogen-bond donors (Lipinski definition) is 2. The summed E-state index contributed by atoms with van der Waals surface area (Å²) in [5, 5.41) is 22.4. The number of aliphatic hydroxyl groups is 1. The molecule has 0 aliphatic carbocycles. The Labute approximate surface area is 116 Å². The second kappa shape index (κ2) is 8.68. The molecule has 104 valence electrons. The topological polar surface area (TPSA) is 56.0 Å². The van der Waals surface area contributed by atoms with Crippen molar-refractivity contribution in [1.82, 2.24) is 5.32 Å². The van der Waals surface area contributed by atoms with Gasteiger partial charge in [-0.3, -0.25) is 0 Å².